The van der Waals surface area contributed by atoms with Crippen molar-refractivity contribution in [3.8, 4) is 11.5 Å². The fourth-order valence-corrected chi connectivity index (χ4v) is 1.56. The zero-order valence-electron chi connectivity index (χ0n) is 9.71. The summed E-state index contributed by atoms with van der Waals surface area (Å²) >= 11 is 0. The Morgan fingerprint density at radius 3 is 2.72 bits per heavy atom. The summed E-state index contributed by atoms with van der Waals surface area (Å²) in [5.41, 5.74) is 1.46. The maximum Gasteiger partial charge on any atom is 0.259 e. The van der Waals surface area contributed by atoms with Gasteiger partial charge in [0.2, 0.25) is 0 Å². The summed E-state index contributed by atoms with van der Waals surface area (Å²) in [5, 5.41) is 21.4. The Morgan fingerprint density at radius 2 is 2.06 bits per heavy atom. The molecule has 1 aromatic carbocycles. The highest BCUT2D eigenvalue weighted by atomic mass is 16.3. The number of pyridine rings is 1. The van der Waals surface area contributed by atoms with Crippen LogP contribution in [0.4, 0.5) is 5.69 Å². The maximum atomic E-state index is 11.9. The highest BCUT2D eigenvalue weighted by Gasteiger charge is 2.11. The Kier molecular flexibility index (Phi) is 3.14. The van der Waals surface area contributed by atoms with E-state index in [0.717, 1.165) is 5.56 Å². The minimum absolute atomic E-state index is 0.136. The summed E-state index contributed by atoms with van der Waals surface area (Å²) in [7, 11) is 0. The molecule has 0 aliphatic carbocycles. The Bertz CT molecular complexity index is 597. The molecular weight excluding hydrogens is 232 g/mol. The topological polar surface area (TPSA) is 82.5 Å². The van der Waals surface area contributed by atoms with Gasteiger partial charge in [0, 0.05) is 11.9 Å². The second kappa shape index (κ2) is 4.75. The molecule has 2 aromatic rings. The van der Waals surface area contributed by atoms with E-state index in [1.165, 1.54) is 24.5 Å². The molecule has 3 N–H and O–H groups in total. The Labute approximate surface area is 104 Å². The molecule has 0 radical (unpaired) electrons. The standard InChI is InChI=1S/C13H12N2O3/c1-8-6-9(16)2-3-11(8)15-13(18)10-4-5-14-7-12(10)17/h2-7,16-17H,1H3,(H,15,18). The Balaban J connectivity index is 2.24. The van der Waals surface area contributed by atoms with E-state index in [1.807, 2.05) is 0 Å². The third-order valence-corrected chi connectivity index (χ3v) is 2.50. The van der Waals surface area contributed by atoms with Crippen LogP contribution in [-0.4, -0.2) is 21.1 Å². The first-order valence-corrected chi connectivity index (χ1v) is 5.32. The van der Waals surface area contributed by atoms with Gasteiger partial charge in [-0.2, -0.15) is 0 Å². The number of carbonyl (C=O) groups excluding carboxylic acids is 1. The van der Waals surface area contributed by atoms with Gasteiger partial charge in [-0.1, -0.05) is 0 Å². The smallest absolute Gasteiger partial charge is 0.259 e. The van der Waals surface area contributed by atoms with Gasteiger partial charge in [-0.15, -0.1) is 0 Å². The number of hydrogen-bond donors (Lipinski definition) is 3. The van der Waals surface area contributed by atoms with Crippen LogP contribution in [0.5, 0.6) is 11.5 Å². The van der Waals surface area contributed by atoms with Gasteiger partial charge < -0.3 is 15.5 Å². The van der Waals surface area contributed by atoms with Gasteiger partial charge in [0.15, 0.2) is 0 Å². The van der Waals surface area contributed by atoms with Crippen LogP contribution in [0.25, 0.3) is 0 Å². The van der Waals surface area contributed by atoms with Crippen molar-refractivity contribution in [3.05, 3.63) is 47.8 Å². The fraction of sp³-hybridized carbons (Fsp3) is 0.0769. The van der Waals surface area contributed by atoms with Crippen molar-refractivity contribution in [1.29, 1.82) is 0 Å². The van der Waals surface area contributed by atoms with Crippen LogP contribution in [0.15, 0.2) is 36.7 Å². The number of phenolic OH excluding ortho intramolecular Hbond substituents is 1. The van der Waals surface area contributed by atoms with Gasteiger partial charge in [-0.25, -0.2) is 0 Å². The molecule has 92 valence electrons. The number of benzene rings is 1. The lowest BCUT2D eigenvalue weighted by molar-refractivity contribution is 0.102. The molecule has 1 amide bonds. The second-order valence-corrected chi connectivity index (χ2v) is 3.85. The first-order chi connectivity index (χ1) is 8.58. The van der Waals surface area contributed by atoms with Crippen LogP contribution in [0, 0.1) is 6.92 Å². The van der Waals surface area contributed by atoms with Crippen molar-refractivity contribution in [1.82, 2.24) is 4.98 Å². The lowest BCUT2D eigenvalue weighted by Gasteiger charge is -2.09. The van der Waals surface area contributed by atoms with Gasteiger partial charge in [0.1, 0.15) is 11.5 Å². The monoisotopic (exact) mass is 244 g/mol. The zero-order chi connectivity index (χ0) is 13.1. The predicted octanol–water partition coefficient (Wildman–Crippen LogP) is 2.05. The quantitative estimate of drug-likeness (QED) is 0.706. The molecule has 0 saturated heterocycles. The van der Waals surface area contributed by atoms with E-state index >= 15 is 0 Å². The summed E-state index contributed by atoms with van der Waals surface area (Å²) < 4.78 is 0. The molecule has 1 heterocycles. The van der Waals surface area contributed by atoms with Crippen LogP contribution in [-0.2, 0) is 0 Å². The average molecular weight is 244 g/mol. The number of rotatable bonds is 2. The lowest BCUT2D eigenvalue weighted by Crippen LogP contribution is -2.13. The average Bonchev–Trinajstić information content (AvgIpc) is 2.33. The van der Waals surface area contributed by atoms with E-state index < -0.39 is 5.91 Å². The molecule has 0 fully saturated rings. The normalized spacial score (nSPS) is 10.1. The Morgan fingerprint density at radius 1 is 1.28 bits per heavy atom. The van der Waals surface area contributed by atoms with Crippen molar-refractivity contribution in [2.75, 3.05) is 5.32 Å². The van der Waals surface area contributed by atoms with Crippen molar-refractivity contribution in [2.24, 2.45) is 0 Å². The van der Waals surface area contributed by atoms with Crippen molar-refractivity contribution in [2.45, 2.75) is 6.92 Å². The summed E-state index contributed by atoms with van der Waals surface area (Å²) in [6.45, 7) is 1.77. The van der Waals surface area contributed by atoms with Crippen molar-refractivity contribution >= 4 is 11.6 Å². The number of aryl methyl sites for hydroxylation is 1. The molecule has 1 aromatic heterocycles. The largest absolute Gasteiger partial charge is 0.508 e. The van der Waals surface area contributed by atoms with Gasteiger partial charge in [-0.3, -0.25) is 9.78 Å². The zero-order valence-corrected chi connectivity index (χ0v) is 9.71. The Hall–Kier alpha value is -2.56. The number of hydrogen-bond acceptors (Lipinski definition) is 4. The minimum atomic E-state index is -0.427. The highest BCUT2D eigenvalue weighted by molar-refractivity contribution is 6.06. The summed E-state index contributed by atoms with van der Waals surface area (Å²) in [6, 6.07) is 6.05. The molecule has 0 saturated carbocycles. The summed E-state index contributed by atoms with van der Waals surface area (Å²) in [5.74, 6) is -0.465. The van der Waals surface area contributed by atoms with Crippen molar-refractivity contribution in [3.63, 3.8) is 0 Å². The molecule has 0 unspecified atom stereocenters. The molecular formula is C13H12N2O3. The van der Waals surface area contributed by atoms with Gasteiger partial charge in [0.05, 0.1) is 11.8 Å². The van der Waals surface area contributed by atoms with Crippen molar-refractivity contribution < 1.29 is 15.0 Å². The molecule has 5 heteroatoms. The van der Waals surface area contributed by atoms with E-state index in [2.05, 4.69) is 10.3 Å². The van der Waals surface area contributed by atoms with E-state index in [4.69, 9.17) is 0 Å². The van der Waals surface area contributed by atoms with Crippen LogP contribution in [0.1, 0.15) is 15.9 Å². The van der Waals surface area contributed by atoms with E-state index in [0.29, 0.717) is 5.69 Å². The number of carbonyl (C=O) groups is 1. The summed E-state index contributed by atoms with van der Waals surface area (Å²) in [4.78, 5) is 15.6. The van der Waals surface area contributed by atoms with E-state index in [-0.39, 0.29) is 17.1 Å². The summed E-state index contributed by atoms with van der Waals surface area (Å²) in [6.07, 6.45) is 2.64. The fourth-order valence-electron chi connectivity index (χ4n) is 1.56. The number of nitrogens with one attached hydrogen (secondary N) is 1. The van der Waals surface area contributed by atoms with Crippen LogP contribution in [0.3, 0.4) is 0 Å². The van der Waals surface area contributed by atoms with E-state index in [1.54, 1.807) is 19.1 Å². The van der Waals surface area contributed by atoms with Gasteiger partial charge in [0.25, 0.3) is 5.91 Å². The highest BCUT2D eigenvalue weighted by Crippen LogP contribution is 2.22. The first kappa shape index (κ1) is 11.9. The van der Waals surface area contributed by atoms with Crippen LogP contribution in [0.2, 0.25) is 0 Å². The predicted molar refractivity (Wildman–Crippen MR) is 66.7 cm³/mol. The number of phenols is 1. The molecule has 18 heavy (non-hydrogen) atoms. The molecule has 2 rings (SSSR count). The number of aromatic hydroxyl groups is 2. The molecule has 0 aliphatic heterocycles. The molecule has 5 nitrogen and oxygen atoms in total. The van der Waals surface area contributed by atoms with Gasteiger partial charge in [-0.05, 0) is 36.8 Å². The molecule has 0 spiro atoms. The number of aromatic nitrogens is 1. The SMILES string of the molecule is Cc1cc(O)ccc1NC(=O)c1ccncc1O. The second-order valence-electron chi connectivity index (χ2n) is 3.85. The van der Waals surface area contributed by atoms with E-state index in [9.17, 15) is 15.0 Å². The van der Waals surface area contributed by atoms with Gasteiger partial charge >= 0.3 is 0 Å². The number of nitrogens with zero attached hydrogens (tertiary/aromatic N) is 1. The maximum absolute atomic E-state index is 11.9. The molecule has 0 aliphatic rings. The molecule has 0 bridgehead atoms. The third-order valence-electron chi connectivity index (χ3n) is 2.50. The molecule has 0 atom stereocenters. The number of anilines is 1. The first-order valence-electron chi connectivity index (χ1n) is 5.32. The third kappa shape index (κ3) is 2.40. The minimum Gasteiger partial charge on any atom is -0.508 e. The lowest BCUT2D eigenvalue weighted by atomic mass is 10.1. The van der Waals surface area contributed by atoms with Crippen LogP contribution >= 0.6 is 0 Å². The van der Waals surface area contributed by atoms with Crippen LogP contribution < -0.4 is 5.32 Å². The number of amides is 1.